The highest BCUT2D eigenvalue weighted by molar-refractivity contribution is 7.92. The van der Waals surface area contributed by atoms with E-state index in [1.165, 1.54) is 0 Å². The van der Waals surface area contributed by atoms with Crippen molar-refractivity contribution in [3.63, 3.8) is 0 Å². The highest BCUT2D eigenvalue weighted by Gasteiger charge is 2.25. The maximum absolute atomic E-state index is 12.6. The highest BCUT2D eigenvalue weighted by atomic mass is 32.2. The molecule has 9 heteroatoms. The monoisotopic (exact) mass is 433 g/mol. The van der Waals surface area contributed by atoms with Crippen LogP contribution in [0.15, 0.2) is 48.5 Å². The molecule has 2 aromatic rings. The van der Waals surface area contributed by atoms with E-state index < -0.39 is 10.0 Å². The molecule has 0 atom stereocenters. The Bertz CT molecular complexity index is 966. The third-order valence-electron chi connectivity index (χ3n) is 4.77. The fourth-order valence-corrected chi connectivity index (χ4v) is 4.11. The van der Waals surface area contributed by atoms with Gasteiger partial charge in [0.2, 0.25) is 15.9 Å². The number of hydrogen-bond acceptors (Lipinski definition) is 6. The number of amides is 1. The molecular weight excluding hydrogens is 406 g/mol. The van der Waals surface area contributed by atoms with Crippen LogP contribution in [0.2, 0.25) is 0 Å². The van der Waals surface area contributed by atoms with Crippen LogP contribution in [0.25, 0.3) is 0 Å². The number of carbonyl (C=O) groups excluding carboxylic acids is 1. The number of benzene rings is 2. The summed E-state index contributed by atoms with van der Waals surface area (Å²) in [6.07, 6.45) is 0. The van der Waals surface area contributed by atoms with Gasteiger partial charge in [-0.15, -0.1) is 0 Å². The molecular formula is C21H27N3O5S. The van der Waals surface area contributed by atoms with Gasteiger partial charge in [0.15, 0.2) is 11.5 Å². The first kappa shape index (κ1) is 21.8. The molecule has 0 spiro atoms. The average molecular weight is 434 g/mol. The van der Waals surface area contributed by atoms with Crippen LogP contribution in [0, 0.1) is 0 Å². The van der Waals surface area contributed by atoms with Gasteiger partial charge in [0.05, 0.1) is 11.4 Å². The second-order valence-corrected chi connectivity index (χ2v) is 9.02. The zero-order chi connectivity index (χ0) is 21.6. The number of hydrogen-bond donors (Lipinski definition) is 1. The highest BCUT2D eigenvalue weighted by Crippen LogP contribution is 2.34. The van der Waals surface area contributed by atoms with Crippen molar-refractivity contribution in [1.82, 2.24) is 5.32 Å². The van der Waals surface area contributed by atoms with Gasteiger partial charge in [0, 0.05) is 31.9 Å². The van der Waals surface area contributed by atoms with Gasteiger partial charge in [-0.2, -0.15) is 0 Å². The molecule has 162 valence electrons. The predicted octanol–water partition coefficient (Wildman–Crippen LogP) is 1.87. The Balaban J connectivity index is 1.64. The second kappa shape index (κ2) is 9.71. The van der Waals surface area contributed by atoms with Crippen LogP contribution in [-0.2, 0) is 14.8 Å². The summed E-state index contributed by atoms with van der Waals surface area (Å²) in [7, 11) is -1.72. The van der Waals surface area contributed by atoms with Crippen LogP contribution >= 0.6 is 0 Å². The summed E-state index contributed by atoms with van der Waals surface area (Å²) < 4.78 is 37.4. The van der Waals surface area contributed by atoms with Crippen LogP contribution in [0.4, 0.5) is 11.4 Å². The summed E-state index contributed by atoms with van der Waals surface area (Å²) in [6.45, 7) is 3.08. The quantitative estimate of drug-likeness (QED) is 0.650. The van der Waals surface area contributed by atoms with Gasteiger partial charge in [0.1, 0.15) is 19.8 Å². The van der Waals surface area contributed by atoms with Crippen LogP contribution in [0.1, 0.15) is 6.92 Å². The Labute approximate surface area is 177 Å². The number of para-hydroxylation sites is 1. The summed E-state index contributed by atoms with van der Waals surface area (Å²) in [4.78, 5) is 14.5. The van der Waals surface area contributed by atoms with Crippen LogP contribution < -0.4 is 24.0 Å². The van der Waals surface area contributed by atoms with Crippen LogP contribution in [-0.4, -0.2) is 60.0 Å². The Morgan fingerprint density at radius 3 is 2.43 bits per heavy atom. The van der Waals surface area contributed by atoms with E-state index in [2.05, 4.69) is 5.32 Å². The van der Waals surface area contributed by atoms with Crippen molar-refractivity contribution in [2.45, 2.75) is 6.92 Å². The van der Waals surface area contributed by atoms with E-state index in [0.717, 1.165) is 9.99 Å². The normalized spacial score (nSPS) is 12.9. The minimum absolute atomic E-state index is 0.120. The number of ether oxygens (including phenoxy) is 2. The summed E-state index contributed by atoms with van der Waals surface area (Å²) in [5, 5.41) is 2.80. The number of sulfonamides is 1. The summed E-state index contributed by atoms with van der Waals surface area (Å²) in [5.41, 5.74) is 1.41. The summed E-state index contributed by atoms with van der Waals surface area (Å²) in [5.74, 6) is 0.543. The number of likely N-dealkylation sites (N-methyl/N-ethyl adjacent to an activating group) is 1. The molecule has 3 rings (SSSR count). The second-order valence-electron chi connectivity index (χ2n) is 6.84. The Kier molecular flexibility index (Phi) is 7.04. The number of nitrogens with zero attached hydrogens (tertiary/aromatic N) is 2. The van der Waals surface area contributed by atoms with Gasteiger partial charge in [-0.1, -0.05) is 18.2 Å². The first-order valence-electron chi connectivity index (χ1n) is 9.83. The van der Waals surface area contributed by atoms with Crippen molar-refractivity contribution >= 4 is 27.3 Å². The van der Waals surface area contributed by atoms with Crippen molar-refractivity contribution in [1.29, 1.82) is 0 Å². The molecule has 1 amide bonds. The molecule has 1 aliphatic heterocycles. The van der Waals surface area contributed by atoms with Gasteiger partial charge < -0.3 is 19.7 Å². The lowest BCUT2D eigenvalue weighted by molar-refractivity contribution is -0.119. The van der Waals surface area contributed by atoms with Gasteiger partial charge in [0.25, 0.3) is 0 Å². The number of anilines is 2. The van der Waals surface area contributed by atoms with E-state index >= 15 is 0 Å². The average Bonchev–Trinajstić information content (AvgIpc) is 2.77. The fourth-order valence-electron chi connectivity index (χ4n) is 3.05. The maximum atomic E-state index is 12.6. The summed E-state index contributed by atoms with van der Waals surface area (Å²) in [6, 6.07) is 14.7. The van der Waals surface area contributed by atoms with Crippen molar-refractivity contribution in [2.24, 2.45) is 0 Å². The molecule has 30 heavy (non-hydrogen) atoms. The first-order chi connectivity index (χ1) is 14.4. The Morgan fingerprint density at radius 2 is 1.73 bits per heavy atom. The molecule has 8 nitrogen and oxygen atoms in total. The number of nitrogens with one attached hydrogen (secondary N) is 1. The van der Waals surface area contributed by atoms with Gasteiger partial charge in [-0.3, -0.25) is 9.10 Å². The number of rotatable bonds is 9. The molecule has 0 fully saturated rings. The molecule has 0 radical (unpaired) electrons. The lowest BCUT2D eigenvalue weighted by Crippen LogP contribution is -2.43. The van der Waals surface area contributed by atoms with E-state index in [9.17, 15) is 13.2 Å². The van der Waals surface area contributed by atoms with Crippen molar-refractivity contribution in [3.05, 3.63) is 48.5 Å². The SMILES string of the molecule is CCS(=O)(=O)N(CC(=O)NCCN(C)c1ccccc1)c1ccc2c(c1)OCCO2. The van der Waals surface area contributed by atoms with Gasteiger partial charge in [-0.25, -0.2) is 8.42 Å². The Morgan fingerprint density at radius 1 is 1.03 bits per heavy atom. The van der Waals surface area contributed by atoms with E-state index in [0.29, 0.717) is 43.5 Å². The molecule has 0 saturated carbocycles. The molecule has 0 unspecified atom stereocenters. The zero-order valence-corrected chi connectivity index (χ0v) is 18.0. The van der Waals surface area contributed by atoms with Gasteiger partial charge in [-0.05, 0) is 31.2 Å². The molecule has 2 aromatic carbocycles. The van der Waals surface area contributed by atoms with E-state index in [1.807, 2.05) is 42.3 Å². The Hall–Kier alpha value is -2.94. The number of carbonyl (C=O) groups is 1. The molecule has 1 N–H and O–H groups in total. The van der Waals surface area contributed by atoms with Crippen molar-refractivity contribution in [2.75, 3.05) is 54.9 Å². The molecule has 0 saturated heterocycles. The third kappa shape index (κ3) is 5.35. The predicted molar refractivity (Wildman–Crippen MR) is 117 cm³/mol. The van der Waals surface area contributed by atoms with Crippen molar-refractivity contribution in [3.8, 4) is 11.5 Å². The number of fused-ring (bicyclic) bond motifs is 1. The van der Waals surface area contributed by atoms with Crippen LogP contribution in [0.3, 0.4) is 0 Å². The molecule has 0 bridgehead atoms. The zero-order valence-electron chi connectivity index (χ0n) is 17.2. The third-order valence-corrected chi connectivity index (χ3v) is 6.51. The fraction of sp³-hybridized carbons (Fsp3) is 0.381. The molecule has 0 aliphatic carbocycles. The minimum atomic E-state index is -3.65. The molecule has 1 heterocycles. The largest absolute Gasteiger partial charge is 0.486 e. The standard InChI is InChI=1S/C21H27N3O5S/c1-3-30(26,27)24(18-9-10-19-20(15-18)29-14-13-28-19)16-21(25)22-11-12-23(2)17-7-5-4-6-8-17/h4-10,15H,3,11-14,16H2,1-2H3,(H,22,25). The molecule has 1 aliphatic rings. The van der Waals surface area contributed by atoms with E-state index in [4.69, 9.17) is 9.47 Å². The minimum Gasteiger partial charge on any atom is -0.486 e. The molecule has 0 aromatic heterocycles. The van der Waals surface area contributed by atoms with Crippen LogP contribution in [0.5, 0.6) is 11.5 Å². The van der Waals surface area contributed by atoms with E-state index in [1.54, 1.807) is 25.1 Å². The van der Waals surface area contributed by atoms with Gasteiger partial charge >= 0.3 is 0 Å². The topological polar surface area (TPSA) is 88.2 Å². The first-order valence-corrected chi connectivity index (χ1v) is 11.4. The van der Waals surface area contributed by atoms with E-state index in [-0.39, 0.29) is 18.2 Å². The lowest BCUT2D eigenvalue weighted by Gasteiger charge is -2.26. The smallest absolute Gasteiger partial charge is 0.240 e. The lowest BCUT2D eigenvalue weighted by atomic mass is 10.2. The maximum Gasteiger partial charge on any atom is 0.240 e. The summed E-state index contributed by atoms with van der Waals surface area (Å²) >= 11 is 0. The van der Waals surface area contributed by atoms with Crippen molar-refractivity contribution < 1.29 is 22.7 Å².